The van der Waals surface area contributed by atoms with Crippen molar-refractivity contribution in [3.63, 3.8) is 0 Å². The van der Waals surface area contributed by atoms with Gasteiger partial charge in [-0.25, -0.2) is 0 Å². The fraction of sp³-hybridized carbons (Fsp3) is 0.818. The van der Waals surface area contributed by atoms with Gasteiger partial charge in [-0.05, 0) is 45.8 Å². The van der Waals surface area contributed by atoms with Gasteiger partial charge in [0, 0.05) is 6.42 Å². The molecule has 1 saturated heterocycles. The first-order valence-electron chi connectivity index (χ1n) is 5.21. The number of likely N-dealkylation sites (tertiary alicyclic amines) is 1. The van der Waals surface area contributed by atoms with Gasteiger partial charge in [-0.15, -0.1) is 0 Å². The van der Waals surface area contributed by atoms with Gasteiger partial charge in [0.15, 0.2) is 0 Å². The van der Waals surface area contributed by atoms with Gasteiger partial charge in [0.1, 0.15) is 0 Å². The Labute approximate surface area is 85.9 Å². The minimum absolute atomic E-state index is 0.105. The highest BCUT2D eigenvalue weighted by atomic mass is 15.1. The minimum Gasteiger partial charge on any atom is -0.303 e. The molecule has 1 heterocycles. The Morgan fingerprint density at radius 1 is 1.29 bits per heavy atom. The summed E-state index contributed by atoms with van der Waals surface area (Å²) in [6, 6.07) is 4.54. The van der Waals surface area contributed by atoms with Crippen molar-refractivity contribution in [2.75, 3.05) is 19.6 Å². The number of hydrogen-bond donors (Lipinski definition) is 0. The lowest BCUT2D eigenvalue weighted by atomic mass is 9.82. The molecule has 0 saturated carbocycles. The lowest BCUT2D eigenvalue weighted by molar-refractivity contribution is 0.156. The van der Waals surface area contributed by atoms with E-state index in [1.54, 1.807) is 0 Å². The molecule has 0 spiro atoms. The maximum absolute atomic E-state index is 8.94. The molecule has 0 N–H and O–H groups in total. The summed E-state index contributed by atoms with van der Waals surface area (Å²) in [4.78, 5) is 2.36. The van der Waals surface area contributed by atoms with Crippen LogP contribution in [0.5, 0.6) is 0 Å². The van der Waals surface area contributed by atoms with Crippen LogP contribution >= 0.6 is 0 Å². The first-order valence-corrected chi connectivity index (χ1v) is 5.21. The first kappa shape index (κ1) is 11.0. The Kier molecular flexibility index (Phi) is 3.92. The summed E-state index contributed by atoms with van der Waals surface area (Å²) in [5, 5.41) is 17.3. The Bertz CT molecular complexity index is 251. The van der Waals surface area contributed by atoms with E-state index in [9.17, 15) is 0 Å². The van der Waals surface area contributed by atoms with Gasteiger partial charge < -0.3 is 4.90 Å². The minimum atomic E-state index is -0.105. The predicted octanol–water partition coefficient (Wildman–Crippen LogP) is 1.92. The number of rotatable bonds is 3. The molecule has 76 valence electrons. The van der Waals surface area contributed by atoms with E-state index in [0.29, 0.717) is 6.42 Å². The van der Waals surface area contributed by atoms with Gasteiger partial charge in [-0.3, -0.25) is 0 Å². The smallest absolute Gasteiger partial charge is 0.0687 e. The lowest BCUT2D eigenvalue weighted by Crippen LogP contribution is -2.38. The third kappa shape index (κ3) is 3.01. The van der Waals surface area contributed by atoms with E-state index in [1.807, 2.05) is 6.92 Å². The van der Waals surface area contributed by atoms with E-state index in [1.165, 1.54) is 0 Å². The maximum Gasteiger partial charge on any atom is 0.0687 e. The normalized spacial score (nSPS) is 21.1. The third-order valence-corrected chi connectivity index (χ3v) is 2.99. The molecule has 3 nitrogen and oxygen atoms in total. The van der Waals surface area contributed by atoms with Crippen molar-refractivity contribution in [3.8, 4) is 12.1 Å². The van der Waals surface area contributed by atoms with Gasteiger partial charge >= 0.3 is 0 Å². The average molecular weight is 191 g/mol. The molecule has 1 fully saturated rings. The highest BCUT2D eigenvalue weighted by Gasteiger charge is 2.29. The van der Waals surface area contributed by atoms with Crippen molar-refractivity contribution in [3.05, 3.63) is 0 Å². The number of piperidine rings is 1. The average Bonchev–Trinajstić information content (AvgIpc) is 2.22. The van der Waals surface area contributed by atoms with E-state index in [2.05, 4.69) is 17.0 Å². The highest BCUT2D eigenvalue weighted by Crippen LogP contribution is 2.29. The molecule has 0 aromatic rings. The maximum atomic E-state index is 8.94. The number of nitriles is 2. The summed E-state index contributed by atoms with van der Waals surface area (Å²) in [5.74, 6) is 0. The molecular weight excluding hydrogens is 174 g/mol. The Morgan fingerprint density at radius 3 is 2.43 bits per heavy atom. The molecule has 0 aliphatic carbocycles. The van der Waals surface area contributed by atoms with Gasteiger partial charge in [0.25, 0.3) is 0 Å². The second-order valence-electron chi connectivity index (χ2n) is 4.28. The summed E-state index contributed by atoms with van der Waals surface area (Å²) >= 11 is 0. The van der Waals surface area contributed by atoms with Crippen molar-refractivity contribution in [2.45, 2.75) is 32.6 Å². The fourth-order valence-electron chi connectivity index (χ4n) is 1.76. The van der Waals surface area contributed by atoms with E-state index < -0.39 is 0 Å². The predicted molar refractivity (Wildman–Crippen MR) is 54.2 cm³/mol. The fourth-order valence-corrected chi connectivity index (χ4v) is 1.76. The van der Waals surface area contributed by atoms with Crippen molar-refractivity contribution in [1.82, 2.24) is 4.90 Å². The van der Waals surface area contributed by atoms with Crippen molar-refractivity contribution in [2.24, 2.45) is 5.41 Å². The largest absolute Gasteiger partial charge is 0.303 e. The van der Waals surface area contributed by atoms with Crippen LogP contribution in [0.2, 0.25) is 0 Å². The molecule has 0 aromatic carbocycles. The standard InChI is InChI=1S/C11H17N3/c1-11(10-13)4-8-14(9-5-11)7-3-2-6-12/h2-5,7-9H2,1H3. The molecule has 0 unspecified atom stereocenters. The molecular formula is C11H17N3. The zero-order valence-corrected chi connectivity index (χ0v) is 8.79. The molecule has 0 atom stereocenters. The molecule has 3 heteroatoms. The zero-order chi connectivity index (χ0) is 10.4. The molecule has 1 aliphatic heterocycles. The molecule has 0 aromatic heterocycles. The molecule has 1 rings (SSSR count). The topological polar surface area (TPSA) is 50.8 Å². The zero-order valence-electron chi connectivity index (χ0n) is 8.79. The molecule has 0 bridgehead atoms. The summed E-state index contributed by atoms with van der Waals surface area (Å²) in [6.07, 6.45) is 3.54. The summed E-state index contributed by atoms with van der Waals surface area (Å²) in [5.41, 5.74) is -0.105. The SMILES string of the molecule is CC1(C#N)CCN(CCCC#N)CC1. The summed E-state index contributed by atoms with van der Waals surface area (Å²) in [6.45, 7) is 5.07. The quantitative estimate of drug-likeness (QED) is 0.640. The lowest BCUT2D eigenvalue weighted by Gasteiger charge is -2.34. The van der Waals surface area contributed by atoms with Gasteiger partial charge in [0.05, 0.1) is 17.6 Å². The molecule has 0 radical (unpaired) electrons. The van der Waals surface area contributed by atoms with Crippen LogP contribution in [-0.4, -0.2) is 24.5 Å². The second kappa shape index (κ2) is 4.98. The van der Waals surface area contributed by atoms with E-state index in [4.69, 9.17) is 10.5 Å². The Hall–Kier alpha value is -1.06. The highest BCUT2D eigenvalue weighted by molar-refractivity contribution is 4.98. The van der Waals surface area contributed by atoms with Crippen LogP contribution in [0.25, 0.3) is 0 Å². The van der Waals surface area contributed by atoms with Crippen LogP contribution in [-0.2, 0) is 0 Å². The van der Waals surface area contributed by atoms with E-state index >= 15 is 0 Å². The molecule has 1 aliphatic rings. The summed E-state index contributed by atoms with van der Waals surface area (Å²) in [7, 11) is 0. The van der Waals surface area contributed by atoms with Crippen LogP contribution in [0.4, 0.5) is 0 Å². The van der Waals surface area contributed by atoms with Gasteiger partial charge in [-0.2, -0.15) is 10.5 Å². The van der Waals surface area contributed by atoms with E-state index in [-0.39, 0.29) is 5.41 Å². The van der Waals surface area contributed by atoms with Crippen molar-refractivity contribution < 1.29 is 0 Å². The monoisotopic (exact) mass is 191 g/mol. The van der Waals surface area contributed by atoms with Crippen LogP contribution in [0.1, 0.15) is 32.6 Å². The molecule has 14 heavy (non-hydrogen) atoms. The van der Waals surface area contributed by atoms with E-state index in [0.717, 1.165) is 38.9 Å². The third-order valence-electron chi connectivity index (χ3n) is 2.99. The van der Waals surface area contributed by atoms with Crippen LogP contribution in [0.15, 0.2) is 0 Å². The Morgan fingerprint density at radius 2 is 1.93 bits per heavy atom. The molecule has 0 amide bonds. The van der Waals surface area contributed by atoms with Crippen LogP contribution < -0.4 is 0 Å². The van der Waals surface area contributed by atoms with Gasteiger partial charge in [-0.1, -0.05) is 0 Å². The number of unbranched alkanes of at least 4 members (excludes halogenated alkanes) is 1. The first-order chi connectivity index (χ1) is 6.70. The number of hydrogen-bond acceptors (Lipinski definition) is 3. The van der Waals surface area contributed by atoms with Crippen molar-refractivity contribution >= 4 is 0 Å². The second-order valence-corrected chi connectivity index (χ2v) is 4.28. The van der Waals surface area contributed by atoms with Crippen LogP contribution in [0.3, 0.4) is 0 Å². The Balaban J connectivity index is 2.24. The van der Waals surface area contributed by atoms with Crippen LogP contribution in [0, 0.1) is 28.1 Å². The number of nitrogens with zero attached hydrogens (tertiary/aromatic N) is 3. The summed E-state index contributed by atoms with van der Waals surface area (Å²) < 4.78 is 0. The van der Waals surface area contributed by atoms with Crippen molar-refractivity contribution in [1.29, 1.82) is 10.5 Å². The van der Waals surface area contributed by atoms with Gasteiger partial charge in [0.2, 0.25) is 0 Å².